The van der Waals surface area contributed by atoms with E-state index in [1.807, 2.05) is 0 Å². The molecule has 0 saturated carbocycles. The molecule has 0 fully saturated rings. The largest absolute Gasteiger partial charge is 0.444 e. The number of hydrogen-bond donors (Lipinski definition) is 1. The number of fused-ring (bicyclic) bond motifs is 1. The highest BCUT2D eigenvalue weighted by Gasteiger charge is 2.26. The molecule has 0 amide bonds. The lowest BCUT2D eigenvalue weighted by Gasteiger charge is -2.07. The van der Waals surface area contributed by atoms with Crippen LogP contribution in [0.25, 0.3) is 11.0 Å². The topological polar surface area (TPSA) is 33.4 Å². The van der Waals surface area contributed by atoms with Crippen molar-refractivity contribution in [3.63, 3.8) is 0 Å². The van der Waals surface area contributed by atoms with Gasteiger partial charge in [-0.05, 0) is 17.7 Å². The third-order valence-corrected chi connectivity index (χ3v) is 2.40. The number of hydrogen-bond acceptors (Lipinski definition) is 2. The number of rotatable bonds is 2. The van der Waals surface area contributed by atoms with E-state index in [9.17, 15) is 13.9 Å². The number of alkyl halides is 2. The lowest BCUT2D eigenvalue weighted by atomic mass is 10.1. The SMILES string of the molecule is OC(c1c(Cl)oc2ccccc12)C(F)F. The Balaban J connectivity index is 2.63. The van der Waals surface area contributed by atoms with Crippen LogP contribution in [0.1, 0.15) is 11.7 Å². The van der Waals surface area contributed by atoms with Crippen LogP contribution in [0.15, 0.2) is 28.7 Å². The minimum atomic E-state index is -2.89. The molecule has 1 heterocycles. The minimum Gasteiger partial charge on any atom is -0.444 e. The summed E-state index contributed by atoms with van der Waals surface area (Å²) in [5.41, 5.74) is 0.333. The van der Waals surface area contributed by atoms with E-state index in [4.69, 9.17) is 16.0 Å². The maximum absolute atomic E-state index is 12.3. The van der Waals surface area contributed by atoms with E-state index in [2.05, 4.69) is 0 Å². The molecule has 2 aromatic rings. The molecule has 2 nitrogen and oxygen atoms in total. The molecule has 5 heteroatoms. The van der Waals surface area contributed by atoms with Crippen molar-refractivity contribution >= 4 is 22.6 Å². The van der Waals surface area contributed by atoms with Gasteiger partial charge in [0.1, 0.15) is 11.7 Å². The quantitative estimate of drug-likeness (QED) is 0.861. The van der Waals surface area contributed by atoms with Crippen molar-refractivity contribution in [2.45, 2.75) is 12.5 Å². The van der Waals surface area contributed by atoms with Crippen molar-refractivity contribution in [1.82, 2.24) is 0 Å². The van der Waals surface area contributed by atoms with E-state index in [1.165, 1.54) is 0 Å². The summed E-state index contributed by atoms with van der Waals surface area (Å²) in [6.45, 7) is 0. The van der Waals surface area contributed by atoms with Crippen LogP contribution in [0.4, 0.5) is 8.78 Å². The summed E-state index contributed by atoms with van der Waals surface area (Å²) in [5, 5.41) is 9.49. The molecular weight excluding hydrogens is 226 g/mol. The van der Waals surface area contributed by atoms with E-state index < -0.39 is 12.5 Å². The number of aliphatic hydroxyl groups excluding tert-OH is 1. The highest BCUT2D eigenvalue weighted by Crippen LogP contribution is 2.36. The van der Waals surface area contributed by atoms with Gasteiger partial charge >= 0.3 is 0 Å². The van der Waals surface area contributed by atoms with Gasteiger partial charge in [0.15, 0.2) is 0 Å². The van der Waals surface area contributed by atoms with Crippen molar-refractivity contribution in [2.75, 3.05) is 0 Å². The van der Waals surface area contributed by atoms with Gasteiger partial charge < -0.3 is 9.52 Å². The van der Waals surface area contributed by atoms with Gasteiger partial charge in [0.25, 0.3) is 6.43 Å². The first-order chi connectivity index (χ1) is 7.11. The molecule has 15 heavy (non-hydrogen) atoms. The molecule has 0 aliphatic heterocycles. The van der Waals surface area contributed by atoms with E-state index in [-0.39, 0.29) is 10.8 Å². The molecule has 2 rings (SSSR count). The molecule has 80 valence electrons. The molecule has 0 radical (unpaired) electrons. The van der Waals surface area contributed by atoms with E-state index >= 15 is 0 Å². The second kappa shape index (κ2) is 3.79. The lowest BCUT2D eigenvalue weighted by Crippen LogP contribution is -2.07. The van der Waals surface area contributed by atoms with Gasteiger partial charge in [-0.15, -0.1) is 0 Å². The first-order valence-electron chi connectivity index (χ1n) is 4.24. The van der Waals surface area contributed by atoms with Crippen LogP contribution < -0.4 is 0 Å². The third kappa shape index (κ3) is 1.70. The fraction of sp³-hybridized carbons (Fsp3) is 0.200. The fourth-order valence-corrected chi connectivity index (χ4v) is 1.73. The fourth-order valence-electron chi connectivity index (χ4n) is 1.44. The highest BCUT2D eigenvalue weighted by atomic mass is 35.5. The van der Waals surface area contributed by atoms with E-state index in [0.29, 0.717) is 11.0 Å². The van der Waals surface area contributed by atoms with Crippen molar-refractivity contribution < 1.29 is 18.3 Å². The average Bonchev–Trinajstić information content (AvgIpc) is 2.52. The molecule has 1 unspecified atom stereocenters. The van der Waals surface area contributed by atoms with Gasteiger partial charge in [-0.2, -0.15) is 0 Å². The summed E-state index contributed by atoms with van der Waals surface area (Å²) in [7, 11) is 0. The zero-order chi connectivity index (χ0) is 11.0. The number of para-hydroxylation sites is 1. The Morgan fingerprint density at radius 1 is 1.27 bits per heavy atom. The minimum absolute atomic E-state index is 0.0535. The van der Waals surface area contributed by atoms with Crippen LogP contribution in [0.5, 0.6) is 0 Å². The average molecular weight is 233 g/mol. The summed E-state index contributed by atoms with van der Waals surface area (Å²) >= 11 is 5.65. The Morgan fingerprint density at radius 3 is 2.60 bits per heavy atom. The first kappa shape index (κ1) is 10.4. The molecular formula is C10H7ClF2O2. The Kier molecular flexibility index (Phi) is 2.63. The number of furan rings is 1. The monoisotopic (exact) mass is 232 g/mol. The van der Waals surface area contributed by atoms with Crippen LogP contribution in [-0.4, -0.2) is 11.5 Å². The summed E-state index contributed by atoms with van der Waals surface area (Å²) in [6, 6.07) is 6.53. The van der Waals surface area contributed by atoms with Crippen molar-refractivity contribution in [2.24, 2.45) is 0 Å². The maximum Gasteiger partial charge on any atom is 0.268 e. The van der Waals surface area contributed by atoms with Gasteiger partial charge in [-0.25, -0.2) is 8.78 Å². The molecule has 0 aliphatic rings. The standard InChI is InChI=1S/C10H7ClF2O2/c11-9-7(8(14)10(12)13)5-3-1-2-4-6(5)15-9/h1-4,8,10,14H. The summed E-state index contributed by atoms with van der Waals surface area (Å²) in [4.78, 5) is 0. The molecule has 1 aromatic carbocycles. The number of aliphatic hydroxyl groups is 1. The van der Waals surface area contributed by atoms with Gasteiger partial charge in [0, 0.05) is 5.39 Å². The normalized spacial score (nSPS) is 13.7. The Hall–Kier alpha value is -1.13. The number of halogens is 3. The van der Waals surface area contributed by atoms with E-state index in [1.54, 1.807) is 24.3 Å². The summed E-state index contributed by atoms with van der Waals surface area (Å²) in [5.74, 6) is 0. The molecule has 1 aromatic heterocycles. The van der Waals surface area contributed by atoms with Gasteiger partial charge in [0.05, 0.1) is 5.56 Å². The van der Waals surface area contributed by atoms with E-state index in [0.717, 1.165) is 0 Å². The Bertz CT molecular complexity index is 481. The second-order valence-electron chi connectivity index (χ2n) is 3.06. The predicted molar refractivity (Wildman–Crippen MR) is 52.2 cm³/mol. The molecule has 0 saturated heterocycles. The van der Waals surface area contributed by atoms with Crippen LogP contribution in [-0.2, 0) is 0 Å². The van der Waals surface area contributed by atoms with Crippen LogP contribution in [0.3, 0.4) is 0 Å². The van der Waals surface area contributed by atoms with Gasteiger partial charge in [-0.3, -0.25) is 0 Å². The molecule has 0 spiro atoms. The molecule has 0 aliphatic carbocycles. The Labute approximate surface area is 89.1 Å². The first-order valence-corrected chi connectivity index (χ1v) is 4.62. The van der Waals surface area contributed by atoms with Crippen LogP contribution in [0.2, 0.25) is 5.22 Å². The third-order valence-electron chi connectivity index (χ3n) is 2.12. The highest BCUT2D eigenvalue weighted by molar-refractivity contribution is 6.30. The van der Waals surface area contributed by atoms with Crippen molar-refractivity contribution in [3.05, 3.63) is 35.0 Å². The van der Waals surface area contributed by atoms with Gasteiger partial charge in [-0.1, -0.05) is 18.2 Å². The number of benzene rings is 1. The summed E-state index contributed by atoms with van der Waals surface area (Å²) in [6.07, 6.45) is -4.80. The predicted octanol–water partition coefficient (Wildman–Crippen LogP) is 3.38. The Morgan fingerprint density at radius 2 is 1.93 bits per heavy atom. The van der Waals surface area contributed by atoms with Crippen LogP contribution >= 0.6 is 11.6 Å². The smallest absolute Gasteiger partial charge is 0.268 e. The second-order valence-corrected chi connectivity index (χ2v) is 3.41. The van der Waals surface area contributed by atoms with Gasteiger partial charge in [0.2, 0.25) is 5.22 Å². The zero-order valence-electron chi connectivity index (χ0n) is 7.45. The lowest BCUT2D eigenvalue weighted by molar-refractivity contribution is -0.00531. The molecule has 1 N–H and O–H groups in total. The molecule has 1 atom stereocenters. The zero-order valence-corrected chi connectivity index (χ0v) is 8.21. The van der Waals surface area contributed by atoms with Crippen molar-refractivity contribution in [1.29, 1.82) is 0 Å². The van der Waals surface area contributed by atoms with Crippen LogP contribution in [0, 0.1) is 0 Å². The van der Waals surface area contributed by atoms with Crippen molar-refractivity contribution in [3.8, 4) is 0 Å². The summed E-state index contributed by atoms with van der Waals surface area (Å²) < 4.78 is 29.7. The maximum atomic E-state index is 12.3. The molecule has 0 bridgehead atoms.